The minimum absolute atomic E-state index is 0.344. The average molecular weight is 309 g/mol. The highest BCUT2D eigenvalue weighted by Crippen LogP contribution is 2.26. The maximum Gasteiger partial charge on any atom is 0.226 e. The van der Waals surface area contributed by atoms with E-state index in [1.807, 2.05) is 18.3 Å². The van der Waals surface area contributed by atoms with Crippen molar-refractivity contribution in [1.29, 1.82) is 0 Å². The molecule has 2 heterocycles. The lowest BCUT2D eigenvalue weighted by Gasteiger charge is -2.07. The molecule has 1 aromatic carbocycles. The normalized spacial score (nSPS) is 10.9. The first-order valence-electron chi connectivity index (χ1n) is 5.80. The number of pyridine rings is 1. The van der Waals surface area contributed by atoms with Crippen molar-refractivity contribution >= 4 is 34.8 Å². The molecule has 0 radical (unpaired) electrons. The number of benzene rings is 1. The van der Waals surface area contributed by atoms with Crippen molar-refractivity contribution < 1.29 is 4.74 Å². The van der Waals surface area contributed by atoms with Crippen LogP contribution in [-0.4, -0.2) is 14.6 Å². The molecule has 3 rings (SSSR count). The Kier molecular flexibility index (Phi) is 3.38. The van der Waals surface area contributed by atoms with E-state index in [4.69, 9.17) is 33.7 Å². The summed E-state index contributed by atoms with van der Waals surface area (Å²) in [5, 5.41) is 8.67. The van der Waals surface area contributed by atoms with Crippen LogP contribution >= 0.6 is 23.2 Å². The second-order valence-corrected chi connectivity index (χ2v) is 5.00. The Morgan fingerprint density at radius 2 is 1.95 bits per heavy atom. The number of ether oxygens (including phenoxy) is 1. The van der Waals surface area contributed by atoms with Gasteiger partial charge in [0, 0.05) is 17.8 Å². The van der Waals surface area contributed by atoms with Gasteiger partial charge in [-0.05, 0) is 18.2 Å². The van der Waals surface area contributed by atoms with Crippen molar-refractivity contribution in [3.63, 3.8) is 0 Å². The van der Waals surface area contributed by atoms with Gasteiger partial charge in [0.05, 0.1) is 10.0 Å². The summed E-state index contributed by atoms with van der Waals surface area (Å²) < 4.78 is 7.36. The number of hydrogen-bond acceptors (Lipinski definition) is 4. The molecule has 5 nitrogen and oxygen atoms in total. The predicted molar refractivity (Wildman–Crippen MR) is 78.2 cm³/mol. The van der Waals surface area contributed by atoms with Crippen molar-refractivity contribution in [1.82, 2.24) is 14.6 Å². The van der Waals surface area contributed by atoms with Gasteiger partial charge >= 0.3 is 0 Å². The number of hydrogen-bond donors (Lipinski definition) is 1. The summed E-state index contributed by atoms with van der Waals surface area (Å²) in [5.41, 5.74) is 7.34. The SMILES string of the molecule is Nc1nnc2ccc(COc3ccc(Cl)c(Cl)c3)cn12. The van der Waals surface area contributed by atoms with Crippen LogP contribution in [0.15, 0.2) is 36.5 Å². The Morgan fingerprint density at radius 1 is 1.10 bits per heavy atom. The first kappa shape index (κ1) is 13.0. The fraction of sp³-hybridized carbons (Fsp3) is 0.0769. The van der Waals surface area contributed by atoms with E-state index in [2.05, 4.69) is 10.2 Å². The van der Waals surface area contributed by atoms with Gasteiger partial charge in [-0.2, -0.15) is 0 Å². The lowest BCUT2D eigenvalue weighted by Crippen LogP contribution is -1.99. The fourth-order valence-corrected chi connectivity index (χ4v) is 2.06. The Morgan fingerprint density at radius 3 is 2.75 bits per heavy atom. The second-order valence-electron chi connectivity index (χ2n) is 4.19. The van der Waals surface area contributed by atoms with E-state index in [1.165, 1.54) is 0 Å². The van der Waals surface area contributed by atoms with Crippen LogP contribution in [0.2, 0.25) is 10.0 Å². The predicted octanol–water partition coefficient (Wildman–Crippen LogP) is 3.20. The number of nitrogens with zero attached hydrogens (tertiary/aromatic N) is 3. The molecule has 7 heteroatoms. The summed E-state index contributed by atoms with van der Waals surface area (Å²) in [6.45, 7) is 0.380. The molecule has 20 heavy (non-hydrogen) atoms. The minimum atomic E-state index is 0.344. The molecule has 0 atom stereocenters. The summed E-state index contributed by atoms with van der Waals surface area (Å²) in [4.78, 5) is 0. The Balaban J connectivity index is 1.79. The lowest BCUT2D eigenvalue weighted by atomic mass is 10.3. The van der Waals surface area contributed by atoms with Gasteiger partial charge in [-0.15, -0.1) is 10.2 Å². The van der Waals surface area contributed by atoms with Crippen LogP contribution in [0, 0.1) is 0 Å². The van der Waals surface area contributed by atoms with E-state index in [0.29, 0.717) is 34.0 Å². The molecule has 2 aromatic heterocycles. The monoisotopic (exact) mass is 308 g/mol. The molecule has 2 N–H and O–H groups in total. The molecule has 0 saturated carbocycles. The number of nitrogen functional groups attached to an aromatic ring is 1. The van der Waals surface area contributed by atoms with Crippen LogP contribution in [0.3, 0.4) is 0 Å². The molecule has 0 aliphatic rings. The first-order chi connectivity index (χ1) is 9.63. The number of rotatable bonds is 3. The molecule has 0 unspecified atom stereocenters. The van der Waals surface area contributed by atoms with Gasteiger partial charge in [-0.1, -0.05) is 29.3 Å². The van der Waals surface area contributed by atoms with E-state index >= 15 is 0 Å². The van der Waals surface area contributed by atoms with E-state index in [1.54, 1.807) is 22.6 Å². The molecule has 0 saturated heterocycles. The topological polar surface area (TPSA) is 65.4 Å². The van der Waals surface area contributed by atoms with Crippen LogP contribution in [0.1, 0.15) is 5.56 Å². The van der Waals surface area contributed by atoms with Crippen molar-refractivity contribution in [3.05, 3.63) is 52.1 Å². The van der Waals surface area contributed by atoms with E-state index in [9.17, 15) is 0 Å². The lowest BCUT2D eigenvalue weighted by molar-refractivity contribution is 0.305. The van der Waals surface area contributed by atoms with Gasteiger partial charge in [0.2, 0.25) is 5.95 Å². The minimum Gasteiger partial charge on any atom is -0.489 e. The highest BCUT2D eigenvalue weighted by molar-refractivity contribution is 6.42. The number of fused-ring (bicyclic) bond motifs is 1. The first-order valence-corrected chi connectivity index (χ1v) is 6.56. The number of anilines is 1. The molecule has 0 amide bonds. The van der Waals surface area contributed by atoms with Crippen molar-refractivity contribution in [2.75, 3.05) is 5.73 Å². The highest BCUT2D eigenvalue weighted by Gasteiger charge is 2.04. The number of halogens is 2. The van der Waals surface area contributed by atoms with Crippen molar-refractivity contribution in [3.8, 4) is 5.75 Å². The zero-order valence-corrected chi connectivity index (χ0v) is 11.8. The summed E-state index contributed by atoms with van der Waals surface area (Å²) in [7, 11) is 0. The Labute approximate surface area is 124 Å². The van der Waals surface area contributed by atoms with Crippen molar-refractivity contribution in [2.45, 2.75) is 6.61 Å². The third kappa shape index (κ3) is 2.50. The molecule has 0 fully saturated rings. The standard InChI is InChI=1S/C13H10Cl2N4O/c14-10-3-2-9(5-11(10)15)20-7-8-1-4-12-17-18-13(16)19(12)6-8/h1-6H,7H2,(H2,16,18). The van der Waals surface area contributed by atoms with Gasteiger partial charge in [-0.3, -0.25) is 4.40 Å². The Hall–Kier alpha value is -1.98. The number of aromatic nitrogens is 3. The third-order valence-electron chi connectivity index (χ3n) is 2.79. The maximum atomic E-state index is 5.93. The molecule has 102 valence electrons. The molecular formula is C13H10Cl2N4O. The van der Waals surface area contributed by atoms with Gasteiger partial charge in [-0.25, -0.2) is 0 Å². The highest BCUT2D eigenvalue weighted by atomic mass is 35.5. The van der Waals surface area contributed by atoms with E-state index in [0.717, 1.165) is 5.56 Å². The smallest absolute Gasteiger partial charge is 0.226 e. The molecular weight excluding hydrogens is 299 g/mol. The third-order valence-corrected chi connectivity index (χ3v) is 3.53. The number of nitrogens with two attached hydrogens (primary N) is 1. The quantitative estimate of drug-likeness (QED) is 0.807. The van der Waals surface area contributed by atoms with Gasteiger partial charge in [0.15, 0.2) is 5.65 Å². The van der Waals surface area contributed by atoms with E-state index < -0.39 is 0 Å². The molecule has 0 aliphatic carbocycles. The largest absolute Gasteiger partial charge is 0.489 e. The van der Waals surface area contributed by atoms with Crippen LogP contribution in [0.25, 0.3) is 5.65 Å². The zero-order valence-electron chi connectivity index (χ0n) is 10.3. The Bertz CT molecular complexity index is 772. The van der Waals surface area contributed by atoms with E-state index in [-0.39, 0.29) is 0 Å². The summed E-state index contributed by atoms with van der Waals surface area (Å²) in [5.74, 6) is 0.993. The summed E-state index contributed by atoms with van der Waals surface area (Å²) in [6.07, 6.45) is 1.84. The van der Waals surface area contributed by atoms with Crippen LogP contribution < -0.4 is 10.5 Å². The molecule has 0 spiro atoms. The molecule has 3 aromatic rings. The second kappa shape index (κ2) is 5.19. The van der Waals surface area contributed by atoms with Crippen LogP contribution in [-0.2, 0) is 6.61 Å². The van der Waals surface area contributed by atoms with Gasteiger partial charge in [0.25, 0.3) is 0 Å². The molecule has 0 aliphatic heterocycles. The van der Waals surface area contributed by atoms with Crippen LogP contribution in [0.4, 0.5) is 5.95 Å². The van der Waals surface area contributed by atoms with Gasteiger partial charge < -0.3 is 10.5 Å². The zero-order chi connectivity index (χ0) is 14.1. The van der Waals surface area contributed by atoms with Gasteiger partial charge in [0.1, 0.15) is 12.4 Å². The van der Waals surface area contributed by atoms with Crippen LogP contribution in [0.5, 0.6) is 5.75 Å². The van der Waals surface area contributed by atoms with Crippen molar-refractivity contribution in [2.24, 2.45) is 0 Å². The average Bonchev–Trinajstić information content (AvgIpc) is 2.81. The summed E-state index contributed by atoms with van der Waals surface area (Å²) in [6, 6.07) is 8.87. The molecule has 0 bridgehead atoms. The fourth-order valence-electron chi connectivity index (χ4n) is 1.77. The maximum absolute atomic E-state index is 5.93. The summed E-state index contributed by atoms with van der Waals surface area (Å²) >= 11 is 11.8.